The van der Waals surface area contributed by atoms with Crippen LogP contribution in [0.2, 0.25) is 0 Å². The molecule has 2 rings (SSSR count). The molecule has 1 aromatic heterocycles. The van der Waals surface area contributed by atoms with Crippen LogP contribution in [0.3, 0.4) is 0 Å². The third kappa shape index (κ3) is 1.66. The summed E-state index contributed by atoms with van der Waals surface area (Å²) in [6, 6.07) is 7.80. The highest BCUT2D eigenvalue weighted by Gasteiger charge is 1.88. The molecule has 2 heteroatoms. The van der Waals surface area contributed by atoms with Gasteiger partial charge in [0.2, 0.25) is 0 Å². The van der Waals surface area contributed by atoms with E-state index < -0.39 is 0 Å². The summed E-state index contributed by atoms with van der Waals surface area (Å²) in [4.78, 5) is 8.24. The van der Waals surface area contributed by atoms with E-state index in [0.717, 1.165) is 11.0 Å². The number of aromatic nitrogens is 2. The van der Waals surface area contributed by atoms with E-state index in [4.69, 9.17) is 0 Å². The van der Waals surface area contributed by atoms with E-state index in [0.29, 0.717) is 0 Å². The molecule has 1 aromatic carbocycles. The van der Waals surface area contributed by atoms with Crippen molar-refractivity contribution in [3.8, 4) is 0 Å². The lowest BCUT2D eigenvalue weighted by atomic mass is 10.3. The standard InChI is InChI=1S/C8H6N2.C2H4/c1-2-4-8-7(3-1)9-5-6-10-8;1-2/h1-6H;1-2H2. The van der Waals surface area contributed by atoms with Gasteiger partial charge in [-0.2, -0.15) is 0 Å². The molecule has 0 aliphatic rings. The van der Waals surface area contributed by atoms with E-state index in [1.165, 1.54) is 0 Å². The minimum Gasteiger partial charge on any atom is -0.253 e. The van der Waals surface area contributed by atoms with Crippen LogP contribution in [0.25, 0.3) is 11.0 Å². The van der Waals surface area contributed by atoms with E-state index in [1.807, 2.05) is 24.3 Å². The summed E-state index contributed by atoms with van der Waals surface area (Å²) in [5, 5.41) is 0. The third-order valence-electron chi connectivity index (χ3n) is 1.38. The van der Waals surface area contributed by atoms with Crippen molar-refractivity contribution in [3.05, 3.63) is 49.8 Å². The number of hydrogen-bond acceptors (Lipinski definition) is 2. The van der Waals surface area contributed by atoms with Gasteiger partial charge >= 0.3 is 0 Å². The fraction of sp³-hybridized carbons (Fsp3) is 0. The number of rotatable bonds is 0. The summed E-state index contributed by atoms with van der Waals surface area (Å²) < 4.78 is 0. The first-order valence-electron chi connectivity index (χ1n) is 3.62. The van der Waals surface area contributed by atoms with Crippen LogP contribution in [0.1, 0.15) is 0 Å². The lowest BCUT2D eigenvalue weighted by Crippen LogP contribution is -1.78. The summed E-state index contributed by atoms with van der Waals surface area (Å²) in [6.07, 6.45) is 3.39. The van der Waals surface area contributed by atoms with Gasteiger partial charge in [0.15, 0.2) is 0 Å². The van der Waals surface area contributed by atoms with Crippen LogP contribution in [0.4, 0.5) is 0 Å². The highest BCUT2D eigenvalue weighted by Crippen LogP contribution is 2.04. The molecule has 0 N–H and O–H groups in total. The normalized spacial score (nSPS) is 8.67. The van der Waals surface area contributed by atoms with Crippen molar-refractivity contribution in [2.24, 2.45) is 0 Å². The second-order valence-electron chi connectivity index (χ2n) is 2.05. The molecule has 2 nitrogen and oxygen atoms in total. The molecule has 0 radical (unpaired) electrons. The van der Waals surface area contributed by atoms with E-state index in [1.54, 1.807) is 12.4 Å². The van der Waals surface area contributed by atoms with Gasteiger partial charge in [-0.15, -0.1) is 13.2 Å². The molecule has 0 aliphatic heterocycles. The smallest absolute Gasteiger partial charge is 0.0886 e. The van der Waals surface area contributed by atoms with Gasteiger partial charge in [-0.1, -0.05) is 12.1 Å². The molecule has 0 amide bonds. The maximum atomic E-state index is 4.12. The Bertz CT molecular complexity index is 292. The maximum absolute atomic E-state index is 4.12. The van der Waals surface area contributed by atoms with Crippen molar-refractivity contribution in [2.75, 3.05) is 0 Å². The zero-order valence-corrected chi connectivity index (χ0v) is 6.77. The molecule has 2 aromatic rings. The van der Waals surface area contributed by atoms with Crippen molar-refractivity contribution >= 4 is 11.0 Å². The maximum Gasteiger partial charge on any atom is 0.0886 e. The number of benzene rings is 1. The van der Waals surface area contributed by atoms with E-state index in [2.05, 4.69) is 23.1 Å². The molecule has 0 fully saturated rings. The average molecular weight is 158 g/mol. The molecule has 0 spiro atoms. The number of nitrogens with zero attached hydrogens (tertiary/aromatic N) is 2. The Morgan fingerprint density at radius 2 is 1.25 bits per heavy atom. The Balaban J connectivity index is 0.000000336. The van der Waals surface area contributed by atoms with E-state index >= 15 is 0 Å². The van der Waals surface area contributed by atoms with Crippen molar-refractivity contribution in [1.82, 2.24) is 9.97 Å². The highest BCUT2D eigenvalue weighted by atomic mass is 14.8. The van der Waals surface area contributed by atoms with Gasteiger partial charge in [-0.05, 0) is 12.1 Å². The lowest BCUT2D eigenvalue weighted by Gasteiger charge is -1.90. The predicted octanol–water partition coefficient (Wildman–Crippen LogP) is 2.43. The minimum absolute atomic E-state index is 0.949. The van der Waals surface area contributed by atoms with Crippen molar-refractivity contribution < 1.29 is 0 Å². The quantitative estimate of drug-likeness (QED) is 0.550. The average Bonchev–Trinajstić information content (AvgIpc) is 2.21. The van der Waals surface area contributed by atoms with Crippen LogP contribution in [-0.4, -0.2) is 9.97 Å². The van der Waals surface area contributed by atoms with Crippen molar-refractivity contribution in [3.63, 3.8) is 0 Å². The first-order chi connectivity index (χ1) is 5.97. The van der Waals surface area contributed by atoms with Crippen LogP contribution in [-0.2, 0) is 0 Å². The van der Waals surface area contributed by atoms with Gasteiger partial charge in [-0.25, -0.2) is 0 Å². The fourth-order valence-corrected chi connectivity index (χ4v) is 0.910. The molecule has 0 bridgehead atoms. The SMILES string of the molecule is C=C.c1ccc2nccnc2c1. The predicted molar refractivity (Wildman–Crippen MR) is 50.8 cm³/mol. The summed E-state index contributed by atoms with van der Waals surface area (Å²) in [7, 11) is 0. The van der Waals surface area contributed by atoms with Crippen LogP contribution in [0, 0.1) is 0 Å². The first kappa shape index (κ1) is 8.40. The molecular formula is C10H10N2. The Morgan fingerprint density at radius 3 is 1.67 bits per heavy atom. The van der Waals surface area contributed by atoms with Crippen molar-refractivity contribution in [1.29, 1.82) is 0 Å². The minimum atomic E-state index is 0.949. The number of fused-ring (bicyclic) bond motifs is 1. The monoisotopic (exact) mass is 158 g/mol. The highest BCUT2D eigenvalue weighted by molar-refractivity contribution is 5.72. The summed E-state index contributed by atoms with van der Waals surface area (Å²) in [5.41, 5.74) is 1.90. The third-order valence-corrected chi connectivity index (χ3v) is 1.38. The largest absolute Gasteiger partial charge is 0.253 e. The Labute approximate surface area is 71.6 Å². The van der Waals surface area contributed by atoms with Gasteiger partial charge in [0.1, 0.15) is 0 Å². The zero-order valence-electron chi connectivity index (χ0n) is 6.77. The van der Waals surface area contributed by atoms with Crippen LogP contribution < -0.4 is 0 Å². The molecule has 1 heterocycles. The summed E-state index contributed by atoms with van der Waals surface area (Å²) in [5.74, 6) is 0. The molecule has 0 unspecified atom stereocenters. The number of hydrogen-bond donors (Lipinski definition) is 0. The summed E-state index contributed by atoms with van der Waals surface area (Å²) in [6.45, 7) is 6.00. The Kier molecular flexibility index (Phi) is 2.96. The molecule has 12 heavy (non-hydrogen) atoms. The van der Waals surface area contributed by atoms with E-state index in [9.17, 15) is 0 Å². The van der Waals surface area contributed by atoms with Gasteiger partial charge in [0.05, 0.1) is 11.0 Å². The van der Waals surface area contributed by atoms with Gasteiger partial charge in [-0.3, -0.25) is 9.97 Å². The van der Waals surface area contributed by atoms with Gasteiger partial charge in [0.25, 0.3) is 0 Å². The molecule has 0 saturated heterocycles. The van der Waals surface area contributed by atoms with Gasteiger partial charge < -0.3 is 0 Å². The Morgan fingerprint density at radius 1 is 0.833 bits per heavy atom. The van der Waals surface area contributed by atoms with Crippen molar-refractivity contribution in [2.45, 2.75) is 0 Å². The van der Waals surface area contributed by atoms with E-state index in [-0.39, 0.29) is 0 Å². The Hall–Kier alpha value is -1.70. The molecule has 60 valence electrons. The van der Waals surface area contributed by atoms with Crippen LogP contribution in [0.15, 0.2) is 49.8 Å². The first-order valence-corrected chi connectivity index (χ1v) is 3.62. The molecule has 0 aliphatic carbocycles. The second kappa shape index (κ2) is 4.23. The molecule has 0 atom stereocenters. The second-order valence-corrected chi connectivity index (χ2v) is 2.05. The van der Waals surface area contributed by atoms with Gasteiger partial charge in [0, 0.05) is 12.4 Å². The molecule has 0 saturated carbocycles. The zero-order chi connectivity index (χ0) is 8.81. The van der Waals surface area contributed by atoms with Crippen LogP contribution >= 0.6 is 0 Å². The molecular weight excluding hydrogens is 148 g/mol. The number of para-hydroxylation sites is 2. The topological polar surface area (TPSA) is 25.8 Å². The lowest BCUT2D eigenvalue weighted by molar-refractivity contribution is 1.29. The summed E-state index contributed by atoms with van der Waals surface area (Å²) >= 11 is 0. The van der Waals surface area contributed by atoms with Crippen LogP contribution in [0.5, 0.6) is 0 Å². The fourth-order valence-electron chi connectivity index (χ4n) is 0.910.